The predicted octanol–water partition coefficient (Wildman–Crippen LogP) is 1.82. The molecule has 132 valence electrons. The Bertz CT molecular complexity index is 701. The lowest BCUT2D eigenvalue weighted by Crippen LogP contribution is -2.51. The first-order chi connectivity index (χ1) is 12.0. The molecule has 2 bridgehead atoms. The number of amides is 3. The predicted molar refractivity (Wildman–Crippen MR) is 89.1 cm³/mol. The zero-order valence-electron chi connectivity index (χ0n) is 14.4. The number of ether oxygens (including phenoxy) is 1. The topological polar surface area (TPSA) is 75.7 Å². The Balaban J connectivity index is 1.41. The molecule has 1 N–H and O–H groups in total. The van der Waals surface area contributed by atoms with E-state index in [2.05, 4.69) is 5.43 Å². The molecule has 3 amide bonds. The van der Waals surface area contributed by atoms with Gasteiger partial charge in [0.1, 0.15) is 5.75 Å². The van der Waals surface area contributed by atoms with Gasteiger partial charge >= 0.3 is 0 Å². The van der Waals surface area contributed by atoms with Gasteiger partial charge in [-0.3, -0.25) is 19.8 Å². The number of benzene rings is 1. The van der Waals surface area contributed by atoms with Crippen LogP contribution in [-0.2, 0) is 14.4 Å². The fourth-order valence-electron chi connectivity index (χ4n) is 4.59. The zero-order valence-corrected chi connectivity index (χ0v) is 14.4. The average Bonchev–Trinajstić information content (AvgIpc) is 3.26. The van der Waals surface area contributed by atoms with Gasteiger partial charge in [-0.1, -0.05) is 17.7 Å². The Kier molecular flexibility index (Phi) is 3.78. The number of nitrogens with one attached hydrogen (secondary N) is 1. The summed E-state index contributed by atoms with van der Waals surface area (Å²) >= 11 is 0. The van der Waals surface area contributed by atoms with Crippen molar-refractivity contribution in [3.8, 4) is 5.75 Å². The summed E-state index contributed by atoms with van der Waals surface area (Å²) in [5, 5.41) is 0.942. The van der Waals surface area contributed by atoms with Crippen LogP contribution in [0.1, 0.15) is 31.7 Å². The lowest BCUT2D eigenvalue weighted by atomic mass is 9.81. The molecule has 0 unspecified atom stereocenters. The summed E-state index contributed by atoms with van der Waals surface area (Å²) in [5.74, 6) is -0.295. The van der Waals surface area contributed by atoms with Crippen molar-refractivity contribution in [3.63, 3.8) is 0 Å². The molecule has 6 heteroatoms. The van der Waals surface area contributed by atoms with E-state index in [1.807, 2.05) is 19.1 Å². The van der Waals surface area contributed by atoms with Crippen molar-refractivity contribution in [2.45, 2.75) is 39.2 Å². The van der Waals surface area contributed by atoms with Crippen LogP contribution in [0.15, 0.2) is 24.3 Å². The molecule has 5 atom stereocenters. The molecule has 2 aliphatic carbocycles. The fourth-order valence-corrected chi connectivity index (χ4v) is 4.59. The summed E-state index contributed by atoms with van der Waals surface area (Å²) in [6, 6.07) is 7.36. The molecule has 25 heavy (non-hydrogen) atoms. The van der Waals surface area contributed by atoms with Gasteiger partial charge in [-0.25, -0.2) is 0 Å². The second-order valence-electron chi connectivity index (χ2n) is 7.45. The first-order valence-corrected chi connectivity index (χ1v) is 8.87. The molecule has 1 heterocycles. The molecule has 0 radical (unpaired) electrons. The van der Waals surface area contributed by atoms with E-state index in [-0.39, 0.29) is 23.7 Å². The van der Waals surface area contributed by atoms with Crippen molar-refractivity contribution < 1.29 is 19.1 Å². The van der Waals surface area contributed by atoms with Crippen molar-refractivity contribution in [2.24, 2.45) is 23.7 Å². The van der Waals surface area contributed by atoms with Crippen molar-refractivity contribution in [2.75, 3.05) is 0 Å². The summed E-state index contributed by atoms with van der Waals surface area (Å²) in [6.07, 6.45) is 2.20. The quantitative estimate of drug-likeness (QED) is 0.847. The summed E-state index contributed by atoms with van der Waals surface area (Å²) < 4.78 is 5.60. The van der Waals surface area contributed by atoms with Crippen LogP contribution < -0.4 is 10.2 Å². The average molecular weight is 342 g/mol. The summed E-state index contributed by atoms with van der Waals surface area (Å²) in [6.45, 7) is 3.57. The van der Waals surface area contributed by atoms with E-state index in [1.165, 1.54) is 0 Å². The summed E-state index contributed by atoms with van der Waals surface area (Å²) in [5.41, 5.74) is 3.57. The van der Waals surface area contributed by atoms with E-state index in [0.717, 1.165) is 29.8 Å². The maximum absolute atomic E-state index is 12.6. The molecule has 3 aliphatic rings. The number of carbonyl (C=O) groups excluding carboxylic acids is 3. The minimum absolute atomic E-state index is 0.236. The lowest BCUT2D eigenvalue weighted by molar-refractivity contribution is -0.151. The number of imide groups is 1. The molecular weight excluding hydrogens is 320 g/mol. The van der Waals surface area contributed by atoms with Gasteiger partial charge in [-0.05, 0) is 57.1 Å². The molecule has 1 aromatic carbocycles. The highest BCUT2D eigenvalue weighted by atomic mass is 16.5. The number of nitrogens with zero attached hydrogens (tertiary/aromatic N) is 1. The number of carbonyl (C=O) groups is 3. The van der Waals surface area contributed by atoms with Gasteiger partial charge in [-0.2, -0.15) is 5.01 Å². The van der Waals surface area contributed by atoms with Crippen LogP contribution in [0, 0.1) is 30.6 Å². The molecular formula is C19H22N2O4. The minimum atomic E-state index is -0.805. The normalized spacial score (nSPS) is 31.2. The Labute approximate surface area is 146 Å². The lowest BCUT2D eigenvalue weighted by Gasteiger charge is -2.21. The van der Waals surface area contributed by atoms with E-state index in [4.69, 9.17) is 4.74 Å². The molecule has 4 rings (SSSR count). The number of hydrogen-bond acceptors (Lipinski definition) is 4. The fraction of sp³-hybridized carbons (Fsp3) is 0.526. The Morgan fingerprint density at radius 2 is 1.68 bits per heavy atom. The molecule has 1 aromatic rings. The van der Waals surface area contributed by atoms with Gasteiger partial charge in [0.2, 0.25) is 0 Å². The minimum Gasteiger partial charge on any atom is -0.481 e. The number of rotatable bonds is 4. The van der Waals surface area contributed by atoms with Gasteiger partial charge < -0.3 is 4.74 Å². The van der Waals surface area contributed by atoms with Crippen LogP contribution in [0.2, 0.25) is 0 Å². The second kappa shape index (κ2) is 5.86. The smallest absolute Gasteiger partial charge is 0.279 e. The molecule has 3 fully saturated rings. The van der Waals surface area contributed by atoms with Gasteiger partial charge in [0, 0.05) is 0 Å². The van der Waals surface area contributed by atoms with Crippen LogP contribution in [0.5, 0.6) is 5.75 Å². The van der Waals surface area contributed by atoms with Crippen molar-refractivity contribution in [1.29, 1.82) is 0 Å². The highest BCUT2D eigenvalue weighted by Crippen LogP contribution is 2.55. The van der Waals surface area contributed by atoms with Crippen LogP contribution in [0.25, 0.3) is 0 Å². The van der Waals surface area contributed by atoms with E-state index in [0.29, 0.717) is 17.6 Å². The second-order valence-corrected chi connectivity index (χ2v) is 7.45. The van der Waals surface area contributed by atoms with E-state index in [9.17, 15) is 14.4 Å². The third-order valence-electron chi connectivity index (χ3n) is 5.85. The Morgan fingerprint density at radius 1 is 1.12 bits per heavy atom. The highest BCUT2D eigenvalue weighted by molar-refractivity contribution is 6.07. The zero-order chi connectivity index (χ0) is 17.7. The van der Waals surface area contributed by atoms with Crippen molar-refractivity contribution in [1.82, 2.24) is 10.4 Å². The first kappa shape index (κ1) is 16.1. The van der Waals surface area contributed by atoms with E-state index >= 15 is 0 Å². The number of aryl methyl sites for hydroxylation is 1. The maximum Gasteiger partial charge on any atom is 0.279 e. The third kappa shape index (κ3) is 2.60. The molecule has 1 saturated heterocycles. The molecule has 0 spiro atoms. The first-order valence-electron chi connectivity index (χ1n) is 8.87. The molecule has 6 nitrogen and oxygen atoms in total. The van der Waals surface area contributed by atoms with Gasteiger partial charge in [0.25, 0.3) is 17.7 Å². The number of hydrazine groups is 1. The Morgan fingerprint density at radius 3 is 2.24 bits per heavy atom. The number of hydrogen-bond donors (Lipinski definition) is 1. The third-order valence-corrected chi connectivity index (χ3v) is 5.85. The highest BCUT2D eigenvalue weighted by Gasteiger charge is 2.61. The SMILES string of the molecule is Cc1ccc(O[C@@H](C)C(=O)NN2C(=O)[C@@H]3[C@@H]4CC[C@@H](C4)[C@@H]3C2=O)cc1. The largest absolute Gasteiger partial charge is 0.481 e. The molecule has 2 saturated carbocycles. The van der Waals surface area contributed by atoms with Gasteiger partial charge in [-0.15, -0.1) is 0 Å². The monoisotopic (exact) mass is 342 g/mol. The summed E-state index contributed by atoms with van der Waals surface area (Å²) in [7, 11) is 0. The van der Waals surface area contributed by atoms with Crippen molar-refractivity contribution >= 4 is 17.7 Å². The van der Waals surface area contributed by atoms with E-state index in [1.54, 1.807) is 19.1 Å². The van der Waals surface area contributed by atoms with Crippen molar-refractivity contribution in [3.05, 3.63) is 29.8 Å². The summed E-state index contributed by atoms with van der Waals surface area (Å²) in [4.78, 5) is 37.6. The molecule has 1 aliphatic heterocycles. The van der Waals surface area contributed by atoms with Gasteiger partial charge in [0.05, 0.1) is 11.8 Å². The number of fused-ring (bicyclic) bond motifs is 5. The molecule has 0 aromatic heterocycles. The van der Waals surface area contributed by atoms with Crippen LogP contribution in [0.3, 0.4) is 0 Å². The van der Waals surface area contributed by atoms with Crippen LogP contribution >= 0.6 is 0 Å². The van der Waals surface area contributed by atoms with E-state index < -0.39 is 12.0 Å². The van der Waals surface area contributed by atoms with Crippen LogP contribution in [0.4, 0.5) is 0 Å². The Hall–Kier alpha value is -2.37. The van der Waals surface area contributed by atoms with Crippen LogP contribution in [-0.4, -0.2) is 28.8 Å². The standard InChI is InChI=1S/C19H22N2O4/c1-10-3-7-14(8-4-10)25-11(2)17(22)20-21-18(23)15-12-5-6-13(9-12)16(15)19(21)24/h3-4,7-8,11-13,15-16H,5-6,9H2,1-2H3,(H,20,22)/t11-,12-,13+,15-,16+/m0/s1. The maximum atomic E-state index is 12.6. The van der Waals surface area contributed by atoms with Gasteiger partial charge in [0.15, 0.2) is 6.10 Å².